The third kappa shape index (κ3) is 8.91. The third-order valence-electron chi connectivity index (χ3n) is 10.7. The van der Waals surface area contributed by atoms with Gasteiger partial charge < -0.3 is 40.2 Å². The third-order valence-corrected chi connectivity index (χ3v) is 10.7. The minimum Gasteiger partial charge on any atom is -0.491 e. The number of nitrogens with zero attached hydrogens (tertiary/aromatic N) is 9. The van der Waals surface area contributed by atoms with Crippen LogP contribution in [0.25, 0.3) is 33.3 Å². The maximum Gasteiger partial charge on any atom is 0.416 e. The fraction of sp³-hybridized carbons (Fsp3) is 0.310. The van der Waals surface area contributed by atoms with Crippen LogP contribution >= 0.6 is 0 Å². The number of aryl methyl sites for hydroxylation is 1. The molecule has 4 aromatic heterocycles. The first-order valence-corrected chi connectivity index (χ1v) is 19.6. The normalized spacial score (nSPS) is 16.8. The van der Waals surface area contributed by atoms with E-state index in [1.165, 1.54) is 6.20 Å². The number of ether oxygens (including phenoxy) is 2. The van der Waals surface area contributed by atoms with E-state index >= 15 is 0 Å². The summed E-state index contributed by atoms with van der Waals surface area (Å²) in [7, 11) is 4.02. The fourth-order valence-electron chi connectivity index (χ4n) is 7.20. The van der Waals surface area contributed by atoms with E-state index in [0.29, 0.717) is 47.4 Å². The summed E-state index contributed by atoms with van der Waals surface area (Å²) in [6.07, 6.45) is 5.23. The van der Waals surface area contributed by atoms with Crippen molar-refractivity contribution in [2.75, 3.05) is 66.9 Å². The van der Waals surface area contributed by atoms with Crippen molar-refractivity contribution < 1.29 is 32.6 Å². The number of amides is 3. The van der Waals surface area contributed by atoms with Crippen LogP contribution in [0.4, 0.5) is 36.7 Å². The number of alkyl halides is 2. The predicted octanol–water partition coefficient (Wildman–Crippen LogP) is 4.85. The summed E-state index contributed by atoms with van der Waals surface area (Å²) in [6.45, 7) is 5.77. The monoisotopic (exact) mass is 834 g/mol. The Morgan fingerprint density at radius 2 is 1.70 bits per heavy atom. The zero-order valence-corrected chi connectivity index (χ0v) is 33.7. The van der Waals surface area contributed by atoms with E-state index in [0.717, 1.165) is 58.8 Å². The van der Waals surface area contributed by atoms with Crippen molar-refractivity contribution in [3.8, 4) is 28.3 Å². The first-order chi connectivity index (χ1) is 29.4. The molecule has 0 saturated carbocycles. The highest BCUT2D eigenvalue weighted by molar-refractivity contribution is 6.05. The molecule has 2 saturated heterocycles. The maximum absolute atomic E-state index is 13.3. The highest BCUT2D eigenvalue weighted by Gasteiger charge is 2.42. The number of carbonyl (C=O) groups excluding carboxylic acids is 3. The van der Waals surface area contributed by atoms with Gasteiger partial charge in [-0.15, -0.1) is 0 Å². The molecule has 61 heavy (non-hydrogen) atoms. The van der Waals surface area contributed by atoms with Crippen molar-refractivity contribution in [1.82, 2.24) is 34.2 Å². The van der Waals surface area contributed by atoms with Gasteiger partial charge in [0.05, 0.1) is 18.3 Å². The number of hydrogen-bond donors (Lipinski definition) is 3. The summed E-state index contributed by atoms with van der Waals surface area (Å²) in [5, 5.41) is 12.2. The minimum atomic E-state index is -2.75. The Labute approximate surface area is 349 Å². The lowest BCUT2D eigenvalue weighted by molar-refractivity contribution is -0.118. The highest BCUT2D eigenvalue weighted by Crippen LogP contribution is 2.37. The molecule has 3 aliphatic heterocycles. The molecule has 3 amide bonds. The van der Waals surface area contributed by atoms with E-state index in [2.05, 4.69) is 59.7 Å². The van der Waals surface area contributed by atoms with Gasteiger partial charge in [-0.05, 0) is 61.3 Å². The van der Waals surface area contributed by atoms with Crippen molar-refractivity contribution in [2.24, 2.45) is 12.8 Å². The molecule has 0 spiro atoms. The Bertz CT molecular complexity index is 2590. The number of piperazine rings is 1. The Kier molecular flexibility index (Phi) is 11.5. The number of aromatic nitrogens is 6. The molecule has 2 fully saturated rings. The molecule has 19 heteroatoms. The number of likely N-dealkylation sites (N-methyl/N-ethyl adjacent to an activating group) is 1. The van der Waals surface area contributed by atoms with E-state index in [4.69, 9.17) is 15.2 Å². The van der Waals surface area contributed by atoms with Crippen molar-refractivity contribution in [3.05, 3.63) is 91.1 Å². The molecular formula is C42H44F2N12O5. The average Bonchev–Trinajstić information content (AvgIpc) is 3.96. The second-order valence-electron chi connectivity index (χ2n) is 15.0. The fourth-order valence-corrected chi connectivity index (χ4v) is 7.20. The number of benzene rings is 2. The zero-order valence-electron chi connectivity index (χ0n) is 33.7. The van der Waals surface area contributed by atoms with Gasteiger partial charge in [-0.3, -0.25) is 14.3 Å². The Hall–Kier alpha value is -7.15. The summed E-state index contributed by atoms with van der Waals surface area (Å²) in [4.78, 5) is 54.8. The largest absolute Gasteiger partial charge is 0.491 e. The molecule has 316 valence electrons. The SMILES string of the molecule is CC(Nc1ccc2c(c1)OCCn1cc(N3C(=O)OCC3C(F)F)nc1-2)C(N)=O.CN1CCN(c2cc(C(=O)Nc3cc4cc(-c5cnn(C)c5)ccc4cn3)ccn2)CC1. The van der Waals surface area contributed by atoms with Gasteiger partial charge in [0.15, 0.2) is 5.82 Å². The van der Waals surface area contributed by atoms with E-state index in [-0.39, 0.29) is 18.3 Å². The number of imidazole rings is 1. The number of nitrogens with one attached hydrogen (secondary N) is 2. The molecule has 2 aromatic carbocycles. The standard InChI is InChI=1S/C24H25N7O.C18H19F2N5O4/c1-29-7-9-31(10-8-29)23-13-18(5-6-25-23)24(32)28-22-12-20-11-17(3-4-19(20)14-26-22)21-15-27-30(2)16-21;1-9(16(21)26)22-10-2-3-11-13(6-10)28-5-4-24-7-14(23-17(11)24)25-12(15(19)20)8-29-18(25)27/h3-6,11-16H,7-10H2,1-2H3,(H,26,28,32);2-3,6-7,9,12,15,22H,4-5,8H2,1H3,(H2,21,26). The smallest absolute Gasteiger partial charge is 0.416 e. The van der Waals surface area contributed by atoms with Crippen molar-refractivity contribution in [1.29, 1.82) is 0 Å². The van der Waals surface area contributed by atoms with Gasteiger partial charge in [0.1, 0.15) is 48.5 Å². The van der Waals surface area contributed by atoms with Gasteiger partial charge >= 0.3 is 6.09 Å². The van der Waals surface area contributed by atoms with Gasteiger partial charge in [0.25, 0.3) is 12.3 Å². The van der Waals surface area contributed by atoms with Crippen molar-refractivity contribution in [2.45, 2.75) is 32.0 Å². The van der Waals surface area contributed by atoms with E-state index < -0.39 is 30.5 Å². The topological polar surface area (TPSA) is 191 Å². The summed E-state index contributed by atoms with van der Waals surface area (Å²) in [5.41, 5.74) is 9.23. The predicted molar refractivity (Wildman–Crippen MR) is 225 cm³/mol. The van der Waals surface area contributed by atoms with Crippen LogP contribution in [0, 0.1) is 0 Å². The second kappa shape index (κ2) is 17.2. The Morgan fingerprint density at radius 3 is 2.46 bits per heavy atom. The van der Waals surface area contributed by atoms with Crippen molar-refractivity contribution >= 4 is 51.8 Å². The van der Waals surface area contributed by atoms with Crippen molar-refractivity contribution in [3.63, 3.8) is 0 Å². The number of rotatable bonds is 9. The van der Waals surface area contributed by atoms with Crippen LogP contribution < -0.4 is 30.9 Å². The van der Waals surface area contributed by atoms with Crippen LogP contribution in [0.15, 0.2) is 85.6 Å². The molecule has 2 atom stereocenters. The lowest BCUT2D eigenvalue weighted by Gasteiger charge is -2.33. The summed E-state index contributed by atoms with van der Waals surface area (Å²) in [6, 6.07) is 14.9. The highest BCUT2D eigenvalue weighted by atomic mass is 19.3. The molecule has 7 heterocycles. The van der Waals surface area contributed by atoms with Crippen LogP contribution in [-0.4, -0.2) is 117 Å². The summed E-state index contributed by atoms with van der Waals surface area (Å²) in [5.74, 6) is 1.75. The van der Waals surface area contributed by atoms with Gasteiger partial charge in [0.2, 0.25) is 5.91 Å². The molecule has 4 N–H and O–H groups in total. The van der Waals surface area contributed by atoms with E-state index in [1.807, 2.05) is 37.6 Å². The van der Waals surface area contributed by atoms with E-state index in [1.54, 1.807) is 52.8 Å². The molecule has 0 radical (unpaired) electrons. The number of anilines is 4. The number of cyclic esters (lactones) is 1. The molecule has 0 aliphatic carbocycles. The molecule has 9 rings (SSSR count). The number of fused-ring (bicyclic) bond motifs is 4. The number of carbonyl (C=O) groups is 3. The summed E-state index contributed by atoms with van der Waals surface area (Å²) >= 11 is 0. The average molecular weight is 835 g/mol. The Balaban J connectivity index is 0.000000169. The number of primary amides is 1. The maximum atomic E-state index is 13.3. The second-order valence-corrected chi connectivity index (χ2v) is 15.0. The Morgan fingerprint density at radius 1 is 0.885 bits per heavy atom. The van der Waals surface area contributed by atoms with Gasteiger partial charge in [-0.1, -0.05) is 12.1 Å². The quantitative estimate of drug-likeness (QED) is 0.180. The van der Waals surface area contributed by atoms with Crippen LogP contribution in [0.3, 0.4) is 0 Å². The summed E-state index contributed by atoms with van der Waals surface area (Å²) < 4.78 is 40.6. The molecule has 6 aromatic rings. The lowest BCUT2D eigenvalue weighted by Crippen LogP contribution is -2.44. The number of hydrogen-bond acceptors (Lipinski definition) is 12. The van der Waals surface area contributed by atoms with Gasteiger partial charge in [-0.2, -0.15) is 5.10 Å². The molecular weight excluding hydrogens is 791 g/mol. The first kappa shape index (κ1) is 40.6. The number of pyridine rings is 2. The number of halogens is 2. The molecule has 2 unspecified atom stereocenters. The molecule has 3 aliphatic rings. The zero-order chi connectivity index (χ0) is 42.8. The lowest BCUT2D eigenvalue weighted by atomic mass is 10.1. The van der Waals surface area contributed by atoms with Gasteiger partial charge in [-0.25, -0.2) is 33.4 Å². The molecule has 17 nitrogen and oxygen atoms in total. The van der Waals surface area contributed by atoms with Crippen LogP contribution in [0.1, 0.15) is 17.3 Å². The minimum absolute atomic E-state index is 0.102. The van der Waals surface area contributed by atoms with Crippen LogP contribution in [-0.2, 0) is 23.1 Å². The van der Waals surface area contributed by atoms with Crippen LogP contribution in [0.2, 0.25) is 0 Å². The molecule has 0 bridgehead atoms. The van der Waals surface area contributed by atoms with Gasteiger partial charge in [0, 0.05) is 86.3 Å². The number of nitrogens with two attached hydrogens (primary N) is 1. The first-order valence-electron chi connectivity index (χ1n) is 19.6. The van der Waals surface area contributed by atoms with Crippen LogP contribution in [0.5, 0.6) is 5.75 Å². The van der Waals surface area contributed by atoms with E-state index in [9.17, 15) is 23.2 Å².